The molecule has 2 aliphatic carbocycles. The molecule has 27 heavy (non-hydrogen) atoms. The Morgan fingerprint density at radius 1 is 1.19 bits per heavy atom. The first-order valence-electron chi connectivity index (χ1n) is 9.82. The first-order chi connectivity index (χ1) is 13.2. The van der Waals surface area contributed by atoms with Gasteiger partial charge in [0.25, 0.3) is 0 Å². The van der Waals surface area contributed by atoms with Crippen molar-refractivity contribution in [3.8, 4) is 11.5 Å². The van der Waals surface area contributed by atoms with Crippen molar-refractivity contribution in [2.24, 2.45) is 5.92 Å². The quantitative estimate of drug-likeness (QED) is 0.696. The number of phenols is 1. The van der Waals surface area contributed by atoms with Gasteiger partial charge in [0.05, 0.1) is 23.2 Å². The zero-order valence-electron chi connectivity index (χ0n) is 15.3. The molecule has 1 aromatic carbocycles. The Hall–Kier alpha value is -2.01. The standard InChI is InChI=1S/C21H25ClN2O3/c22-18-8-9-20(17(12-25)21(18)26)27-13-14-4-1-2-7-16(14)19-10-11-23-24(19)15-5-3-6-15/h8-12,14-16,26H,1-7,13H2. The van der Waals surface area contributed by atoms with Crippen molar-refractivity contribution in [2.75, 3.05) is 6.61 Å². The maximum Gasteiger partial charge on any atom is 0.157 e. The predicted octanol–water partition coefficient (Wildman–Crippen LogP) is 5.13. The summed E-state index contributed by atoms with van der Waals surface area (Å²) in [6, 6.07) is 5.92. The molecule has 0 radical (unpaired) electrons. The number of carbonyl (C=O) groups is 1. The molecular formula is C21H25ClN2O3. The van der Waals surface area contributed by atoms with Crippen LogP contribution in [0.2, 0.25) is 5.02 Å². The van der Waals surface area contributed by atoms with Crippen LogP contribution >= 0.6 is 11.6 Å². The molecule has 0 saturated heterocycles. The van der Waals surface area contributed by atoms with Gasteiger partial charge in [0.15, 0.2) is 6.29 Å². The van der Waals surface area contributed by atoms with Crippen LogP contribution in [0.1, 0.15) is 73.0 Å². The summed E-state index contributed by atoms with van der Waals surface area (Å²) in [5.41, 5.74) is 1.44. The smallest absolute Gasteiger partial charge is 0.157 e. The van der Waals surface area contributed by atoms with E-state index in [1.807, 2.05) is 6.20 Å². The Bertz CT molecular complexity index is 816. The number of ether oxygens (including phenoxy) is 1. The van der Waals surface area contributed by atoms with Crippen molar-refractivity contribution in [1.29, 1.82) is 0 Å². The second-order valence-corrected chi connectivity index (χ2v) is 8.08. The molecule has 4 rings (SSSR count). The third kappa shape index (κ3) is 3.57. The number of nitrogens with zero attached hydrogens (tertiary/aromatic N) is 2. The highest BCUT2D eigenvalue weighted by atomic mass is 35.5. The molecule has 2 atom stereocenters. The van der Waals surface area contributed by atoms with Crippen LogP contribution in [0.15, 0.2) is 24.4 Å². The number of benzene rings is 1. The summed E-state index contributed by atoms with van der Waals surface area (Å²) in [5.74, 6) is 0.963. The second kappa shape index (κ2) is 7.93. The average molecular weight is 389 g/mol. The Balaban J connectivity index is 1.52. The van der Waals surface area contributed by atoms with Crippen LogP contribution < -0.4 is 4.74 Å². The van der Waals surface area contributed by atoms with Crippen molar-refractivity contribution in [2.45, 2.75) is 56.9 Å². The van der Waals surface area contributed by atoms with Crippen molar-refractivity contribution < 1.29 is 14.6 Å². The maximum atomic E-state index is 11.4. The van der Waals surface area contributed by atoms with Gasteiger partial charge in [-0.15, -0.1) is 0 Å². The maximum absolute atomic E-state index is 11.4. The van der Waals surface area contributed by atoms with Crippen LogP contribution in [-0.4, -0.2) is 27.8 Å². The third-order valence-electron chi connectivity index (χ3n) is 6.11. The van der Waals surface area contributed by atoms with E-state index < -0.39 is 0 Å². The molecule has 2 aliphatic rings. The van der Waals surface area contributed by atoms with Crippen LogP contribution in [0.4, 0.5) is 0 Å². The summed E-state index contributed by atoms with van der Waals surface area (Å²) in [6.07, 6.45) is 10.9. The highest BCUT2D eigenvalue weighted by molar-refractivity contribution is 6.32. The summed E-state index contributed by atoms with van der Waals surface area (Å²) in [4.78, 5) is 11.4. The van der Waals surface area contributed by atoms with Crippen LogP contribution in [0.5, 0.6) is 11.5 Å². The molecule has 1 aromatic heterocycles. The van der Waals surface area contributed by atoms with Crippen LogP contribution in [-0.2, 0) is 0 Å². The van der Waals surface area contributed by atoms with E-state index in [1.165, 1.54) is 37.8 Å². The lowest BCUT2D eigenvalue weighted by molar-refractivity contribution is 0.111. The van der Waals surface area contributed by atoms with E-state index in [4.69, 9.17) is 16.3 Å². The summed E-state index contributed by atoms with van der Waals surface area (Å²) in [6.45, 7) is 0.516. The minimum atomic E-state index is -0.215. The molecular weight excluding hydrogens is 364 g/mol. The van der Waals surface area contributed by atoms with Gasteiger partial charge in [-0.05, 0) is 50.3 Å². The van der Waals surface area contributed by atoms with Crippen molar-refractivity contribution >= 4 is 17.9 Å². The number of halogens is 1. The fraction of sp³-hybridized carbons (Fsp3) is 0.524. The highest BCUT2D eigenvalue weighted by Gasteiger charge is 2.32. The Morgan fingerprint density at radius 2 is 2.00 bits per heavy atom. The molecule has 1 heterocycles. The molecule has 0 spiro atoms. The minimum Gasteiger partial charge on any atom is -0.505 e. The predicted molar refractivity (Wildman–Crippen MR) is 104 cm³/mol. The van der Waals surface area contributed by atoms with Gasteiger partial charge in [0.1, 0.15) is 11.5 Å². The van der Waals surface area contributed by atoms with Gasteiger partial charge in [-0.25, -0.2) is 0 Å². The lowest BCUT2D eigenvalue weighted by Crippen LogP contribution is -2.28. The summed E-state index contributed by atoms with van der Waals surface area (Å²) in [5, 5.41) is 14.7. The lowest BCUT2D eigenvalue weighted by atomic mass is 9.77. The van der Waals surface area contributed by atoms with Gasteiger partial charge in [-0.3, -0.25) is 9.48 Å². The Morgan fingerprint density at radius 3 is 2.74 bits per heavy atom. The fourth-order valence-electron chi connectivity index (χ4n) is 4.35. The zero-order valence-corrected chi connectivity index (χ0v) is 16.1. The fourth-order valence-corrected chi connectivity index (χ4v) is 4.52. The van der Waals surface area contributed by atoms with E-state index in [-0.39, 0.29) is 16.3 Å². The van der Waals surface area contributed by atoms with E-state index in [0.717, 1.165) is 12.8 Å². The molecule has 2 saturated carbocycles. The molecule has 2 aromatic rings. The summed E-state index contributed by atoms with van der Waals surface area (Å²) >= 11 is 5.90. The molecule has 5 nitrogen and oxygen atoms in total. The molecule has 2 unspecified atom stereocenters. The van der Waals surface area contributed by atoms with E-state index in [1.54, 1.807) is 12.1 Å². The van der Waals surface area contributed by atoms with Crippen molar-refractivity contribution in [3.63, 3.8) is 0 Å². The van der Waals surface area contributed by atoms with E-state index in [9.17, 15) is 9.90 Å². The van der Waals surface area contributed by atoms with Crippen LogP contribution in [0.25, 0.3) is 0 Å². The molecule has 0 amide bonds. The van der Waals surface area contributed by atoms with Gasteiger partial charge >= 0.3 is 0 Å². The number of hydrogen-bond acceptors (Lipinski definition) is 4. The van der Waals surface area contributed by atoms with Gasteiger partial charge in [-0.2, -0.15) is 5.10 Å². The highest BCUT2D eigenvalue weighted by Crippen LogP contribution is 2.42. The molecule has 0 bridgehead atoms. The summed E-state index contributed by atoms with van der Waals surface area (Å²) < 4.78 is 8.23. The minimum absolute atomic E-state index is 0.120. The second-order valence-electron chi connectivity index (χ2n) is 7.67. The SMILES string of the molecule is O=Cc1c(OCC2CCCCC2c2ccnn2C2CCC2)ccc(Cl)c1O. The normalized spacial score (nSPS) is 23.0. The first kappa shape index (κ1) is 18.4. The van der Waals surface area contributed by atoms with Crippen LogP contribution in [0.3, 0.4) is 0 Å². The molecule has 2 fully saturated rings. The van der Waals surface area contributed by atoms with Gasteiger partial charge in [-0.1, -0.05) is 24.4 Å². The van der Waals surface area contributed by atoms with Gasteiger partial charge in [0, 0.05) is 23.7 Å². The number of aldehydes is 1. The van der Waals surface area contributed by atoms with Gasteiger partial charge in [0.2, 0.25) is 0 Å². The Kier molecular flexibility index (Phi) is 5.39. The molecule has 144 valence electrons. The van der Waals surface area contributed by atoms with Crippen molar-refractivity contribution in [1.82, 2.24) is 9.78 Å². The molecule has 1 N–H and O–H groups in total. The van der Waals surface area contributed by atoms with E-state index >= 15 is 0 Å². The largest absolute Gasteiger partial charge is 0.505 e. The topological polar surface area (TPSA) is 64.3 Å². The summed E-state index contributed by atoms with van der Waals surface area (Å²) in [7, 11) is 0. The zero-order chi connectivity index (χ0) is 18.8. The number of aromatic hydroxyl groups is 1. The third-order valence-corrected chi connectivity index (χ3v) is 6.41. The monoisotopic (exact) mass is 388 g/mol. The number of phenolic OH excluding ortho intramolecular Hbond substituents is 1. The number of hydrogen-bond donors (Lipinski definition) is 1. The number of carbonyl (C=O) groups excluding carboxylic acids is 1. The Labute approximate surface area is 164 Å². The average Bonchev–Trinajstić information content (AvgIpc) is 3.10. The lowest BCUT2D eigenvalue weighted by Gasteiger charge is -2.35. The number of aromatic nitrogens is 2. The van der Waals surface area contributed by atoms with Crippen LogP contribution in [0, 0.1) is 5.92 Å². The molecule has 0 aliphatic heterocycles. The number of rotatable bonds is 6. The van der Waals surface area contributed by atoms with E-state index in [0.29, 0.717) is 36.5 Å². The van der Waals surface area contributed by atoms with Crippen molar-refractivity contribution in [3.05, 3.63) is 40.7 Å². The first-order valence-corrected chi connectivity index (χ1v) is 10.2. The van der Waals surface area contributed by atoms with Gasteiger partial charge < -0.3 is 9.84 Å². The molecule has 6 heteroatoms. The van der Waals surface area contributed by atoms with E-state index in [2.05, 4.69) is 15.8 Å².